The molecule has 1 atom stereocenters. The molecule has 2 N–H and O–H groups in total. The third-order valence-electron chi connectivity index (χ3n) is 3.88. The third kappa shape index (κ3) is 2.81. The van der Waals surface area contributed by atoms with Crippen LogP contribution in [-0.4, -0.2) is 39.2 Å². The van der Waals surface area contributed by atoms with Crippen LogP contribution in [0, 0.1) is 0 Å². The molecule has 4 aromatic rings. The lowest BCUT2D eigenvalue weighted by molar-refractivity contribution is -0.137. The number of halogens is 3. The summed E-state index contributed by atoms with van der Waals surface area (Å²) < 4.78 is 53.8. The minimum absolute atomic E-state index is 0.00342. The van der Waals surface area contributed by atoms with Crippen LogP contribution in [-0.2, 0) is 17.0 Å². The van der Waals surface area contributed by atoms with Crippen molar-refractivity contribution in [2.75, 3.05) is 11.5 Å². The fraction of sp³-hybridized carbons (Fsp3) is 0.200. The van der Waals surface area contributed by atoms with E-state index in [1.807, 2.05) is 0 Å². The number of nitrogens with zero attached hydrogens (tertiary/aromatic N) is 6. The zero-order chi connectivity index (χ0) is 19.3. The molecule has 0 fully saturated rings. The van der Waals surface area contributed by atoms with Crippen LogP contribution in [0.3, 0.4) is 0 Å². The van der Waals surface area contributed by atoms with Crippen LogP contribution in [0.15, 0.2) is 35.6 Å². The number of nitrogens with two attached hydrogens (primary N) is 1. The van der Waals surface area contributed by atoms with Gasteiger partial charge < -0.3 is 5.73 Å². The van der Waals surface area contributed by atoms with E-state index in [0.29, 0.717) is 0 Å². The summed E-state index contributed by atoms with van der Waals surface area (Å²) in [4.78, 5) is 8.37. The summed E-state index contributed by atoms with van der Waals surface area (Å²) in [5, 5.41) is 8.63. The molecule has 0 aliphatic rings. The molecule has 4 heterocycles. The molecule has 0 aliphatic heterocycles. The van der Waals surface area contributed by atoms with Gasteiger partial charge in [-0.25, -0.2) is 14.5 Å². The molecule has 0 aliphatic carbocycles. The maximum Gasteiger partial charge on any atom is 0.416 e. The van der Waals surface area contributed by atoms with Crippen molar-refractivity contribution in [3.8, 4) is 11.4 Å². The van der Waals surface area contributed by atoms with E-state index in [9.17, 15) is 17.4 Å². The Hall–Kier alpha value is -3.02. The predicted molar refractivity (Wildman–Crippen MR) is 91.3 cm³/mol. The fourth-order valence-corrected chi connectivity index (χ4v) is 3.46. The summed E-state index contributed by atoms with van der Waals surface area (Å²) in [6.45, 7) is 1.72. The zero-order valence-electron chi connectivity index (χ0n) is 13.8. The van der Waals surface area contributed by atoms with Crippen LogP contribution >= 0.6 is 0 Å². The van der Waals surface area contributed by atoms with Gasteiger partial charge in [-0.05, 0) is 18.2 Å². The molecule has 27 heavy (non-hydrogen) atoms. The molecule has 12 heteroatoms. The average Bonchev–Trinajstić information content (AvgIpc) is 3.21. The van der Waals surface area contributed by atoms with Crippen molar-refractivity contribution in [1.82, 2.24) is 29.2 Å². The van der Waals surface area contributed by atoms with Crippen molar-refractivity contribution in [2.45, 2.75) is 18.1 Å². The molecule has 0 bridgehead atoms. The second kappa shape index (κ2) is 6.01. The van der Waals surface area contributed by atoms with Crippen molar-refractivity contribution in [2.24, 2.45) is 0 Å². The monoisotopic (exact) mass is 395 g/mol. The highest BCUT2D eigenvalue weighted by Crippen LogP contribution is 2.32. The second-order valence-corrected chi connectivity index (χ2v) is 7.23. The normalized spacial score (nSPS) is 13.5. The number of rotatable bonds is 3. The first-order valence-corrected chi connectivity index (χ1v) is 9.07. The molecule has 0 aromatic carbocycles. The highest BCUT2D eigenvalue weighted by molar-refractivity contribution is 7.85. The highest BCUT2D eigenvalue weighted by Gasteiger charge is 2.31. The summed E-state index contributed by atoms with van der Waals surface area (Å²) >= 11 is 0. The first-order valence-electron chi connectivity index (χ1n) is 7.75. The average molecular weight is 395 g/mol. The van der Waals surface area contributed by atoms with Crippen molar-refractivity contribution in [3.63, 3.8) is 0 Å². The van der Waals surface area contributed by atoms with E-state index >= 15 is 0 Å². The van der Waals surface area contributed by atoms with Gasteiger partial charge in [0.15, 0.2) is 22.1 Å². The first-order chi connectivity index (χ1) is 12.8. The molecule has 8 nitrogen and oxygen atoms in total. The summed E-state index contributed by atoms with van der Waals surface area (Å²) in [5.41, 5.74) is 5.60. The lowest BCUT2D eigenvalue weighted by atomic mass is 10.2. The Bertz CT molecular complexity index is 1200. The molecule has 4 rings (SSSR count). The number of aromatic nitrogens is 6. The number of fused-ring (bicyclic) bond motifs is 2. The van der Waals surface area contributed by atoms with Crippen LogP contribution < -0.4 is 5.73 Å². The maximum absolute atomic E-state index is 12.9. The van der Waals surface area contributed by atoms with E-state index in [0.717, 1.165) is 12.1 Å². The zero-order valence-corrected chi connectivity index (χ0v) is 14.6. The maximum atomic E-state index is 12.9. The van der Waals surface area contributed by atoms with Crippen LogP contribution in [0.25, 0.3) is 22.7 Å². The smallest absolute Gasteiger partial charge is 0.384 e. The molecule has 0 radical (unpaired) electrons. The Balaban J connectivity index is 1.99. The Morgan fingerprint density at radius 3 is 2.74 bits per heavy atom. The predicted octanol–water partition coefficient (Wildman–Crippen LogP) is 2.17. The van der Waals surface area contributed by atoms with Crippen molar-refractivity contribution >= 4 is 27.9 Å². The summed E-state index contributed by atoms with van der Waals surface area (Å²) in [6.07, 6.45) is -1.88. The highest BCUT2D eigenvalue weighted by atomic mass is 32.2. The van der Waals surface area contributed by atoms with Crippen molar-refractivity contribution in [1.29, 1.82) is 0 Å². The van der Waals surface area contributed by atoms with E-state index in [4.69, 9.17) is 5.73 Å². The number of hydrogen-bond acceptors (Lipinski definition) is 6. The van der Waals surface area contributed by atoms with Gasteiger partial charge in [0, 0.05) is 18.1 Å². The number of pyridine rings is 1. The molecule has 0 amide bonds. The number of nitrogen functional groups attached to an aromatic ring is 1. The lowest BCUT2D eigenvalue weighted by Gasteiger charge is -2.05. The van der Waals surface area contributed by atoms with E-state index < -0.39 is 22.5 Å². The van der Waals surface area contributed by atoms with Gasteiger partial charge in [0.25, 0.3) is 0 Å². The summed E-state index contributed by atoms with van der Waals surface area (Å²) in [6, 6.07) is 3.32. The van der Waals surface area contributed by atoms with Gasteiger partial charge in [-0.2, -0.15) is 22.8 Å². The Morgan fingerprint density at radius 2 is 2.04 bits per heavy atom. The standard InChI is InChI=1S/C15H12F3N7OS/c1-2-27(26)14-11(13-20-5-3-9(19)25(13)23-14)12-21-10-7-8(15(16,17)18)4-6-24(10)22-12/h3-7H,2,19H2,1H3. The minimum atomic E-state index is -4.50. The molecule has 4 aromatic heterocycles. The first kappa shape index (κ1) is 17.4. The van der Waals surface area contributed by atoms with Crippen LogP contribution in [0.2, 0.25) is 0 Å². The van der Waals surface area contributed by atoms with Crippen LogP contribution in [0.4, 0.5) is 19.0 Å². The molecule has 1 unspecified atom stereocenters. The minimum Gasteiger partial charge on any atom is -0.384 e. The molecule has 0 spiro atoms. The molecular weight excluding hydrogens is 383 g/mol. The van der Waals surface area contributed by atoms with Crippen molar-refractivity contribution < 1.29 is 17.4 Å². The number of anilines is 1. The van der Waals surface area contributed by atoms with Gasteiger partial charge in [0.05, 0.1) is 16.4 Å². The van der Waals surface area contributed by atoms with Gasteiger partial charge in [-0.1, -0.05) is 6.92 Å². The fourth-order valence-electron chi connectivity index (χ4n) is 2.60. The molecule has 140 valence electrons. The van der Waals surface area contributed by atoms with Gasteiger partial charge in [0.1, 0.15) is 11.4 Å². The van der Waals surface area contributed by atoms with Crippen LogP contribution in [0.1, 0.15) is 12.5 Å². The van der Waals surface area contributed by atoms with Crippen molar-refractivity contribution in [3.05, 3.63) is 36.2 Å². The summed E-state index contributed by atoms with van der Waals surface area (Å²) in [5.74, 6) is 0.616. The Labute approximate surface area is 152 Å². The van der Waals surface area contributed by atoms with Gasteiger partial charge >= 0.3 is 6.18 Å². The van der Waals surface area contributed by atoms with E-state index in [-0.39, 0.29) is 39.3 Å². The third-order valence-corrected chi connectivity index (χ3v) is 5.12. The Morgan fingerprint density at radius 1 is 1.26 bits per heavy atom. The van der Waals surface area contributed by atoms with Gasteiger partial charge in [-0.3, -0.25) is 4.21 Å². The van der Waals surface area contributed by atoms with E-state index in [1.54, 1.807) is 6.92 Å². The number of hydrogen-bond donors (Lipinski definition) is 1. The van der Waals surface area contributed by atoms with Crippen LogP contribution in [0.5, 0.6) is 0 Å². The SMILES string of the molecule is CCS(=O)c1nn2c(N)ccnc2c1-c1nc2cc(C(F)(F)F)ccn2n1. The molecular formula is C15H12F3N7OS. The van der Waals surface area contributed by atoms with Gasteiger partial charge in [-0.15, -0.1) is 5.10 Å². The lowest BCUT2D eigenvalue weighted by Crippen LogP contribution is -2.05. The van der Waals surface area contributed by atoms with E-state index in [1.165, 1.54) is 27.5 Å². The topological polar surface area (TPSA) is 103 Å². The molecule has 0 saturated carbocycles. The second-order valence-electron chi connectivity index (χ2n) is 5.57. The van der Waals surface area contributed by atoms with Gasteiger partial charge in [0.2, 0.25) is 0 Å². The van der Waals surface area contributed by atoms with E-state index in [2.05, 4.69) is 20.2 Å². The number of alkyl halides is 3. The largest absolute Gasteiger partial charge is 0.416 e. The quantitative estimate of drug-likeness (QED) is 0.570. The Kier molecular flexibility index (Phi) is 3.87. The molecule has 0 saturated heterocycles. The summed E-state index contributed by atoms with van der Waals surface area (Å²) in [7, 11) is -1.48.